The third-order valence-corrected chi connectivity index (χ3v) is 3.54. The van der Waals surface area contributed by atoms with Crippen molar-refractivity contribution in [3.63, 3.8) is 0 Å². The fourth-order valence-electron chi connectivity index (χ4n) is 2.73. The number of phenolic OH excluding ortho intramolecular Hbond substituents is 2. The predicted molar refractivity (Wildman–Crippen MR) is 58.6 cm³/mol. The van der Waals surface area contributed by atoms with Crippen molar-refractivity contribution in [2.45, 2.75) is 18.6 Å². The van der Waals surface area contributed by atoms with E-state index in [0.717, 1.165) is 24.2 Å². The third-order valence-electron chi connectivity index (χ3n) is 3.54. The molecule has 1 fully saturated rings. The number of likely N-dealkylation sites (tertiary alicyclic amines) is 1. The first-order chi connectivity index (χ1) is 7.65. The third kappa shape index (κ3) is 1.37. The standard InChI is InChI=1S/C12H15NO3/c1-13-4-9-8-3-11(15)10(14)2-7(8)6-16-12(9)5-13/h2-3,9,12,14-15H,4-6H2,1H3/t9-,12+/m1/s1. The second-order valence-electron chi connectivity index (χ2n) is 4.72. The lowest BCUT2D eigenvalue weighted by atomic mass is 9.89. The first-order valence-corrected chi connectivity index (χ1v) is 5.50. The van der Waals surface area contributed by atoms with E-state index < -0.39 is 0 Å². The van der Waals surface area contributed by atoms with Crippen LogP contribution >= 0.6 is 0 Å². The highest BCUT2D eigenvalue weighted by Crippen LogP contribution is 2.40. The van der Waals surface area contributed by atoms with Gasteiger partial charge in [-0.1, -0.05) is 0 Å². The van der Waals surface area contributed by atoms with Crippen LogP contribution in [0.2, 0.25) is 0 Å². The largest absolute Gasteiger partial charge is 0.504 e. The average molecular weight is 221 g/mol. The Hall–Kier alpha value is -1.26. The van der Waals surface area contributed by atoms with Crippen molar-refractivity contribution in [1.29, 1.82) is 0 Å². The molecular weight excluding hydrogens is 206 g/mol. The highest BCUT2D eigenvalue weighted by Gasteiger charge is 2.37. The molecule has 0 unspecified atom stereocenters. The van der Waals surface area contributed by atoms with E-state index in [-0.39, 0.29) is 17.6 Å². The van der Waals surface area contributed by atoms with E-state index >= 15 is 0 Å². The maximum Gasteiger partial charge on any atom is 0.157 e. The van der Waals surface area contributed by atoms with E-state index in [1.807, 2.05) is 0 Å². The van der Waals surface area contributed by atoms with Gasteiger partial charge < -0.3 is 19.8 Å². The van der Waals surface area contributed by atoms with Gasteiger partial charge in [-0.15, -0.1) is 0 Å². The molecule has 4 heteroatoms. The second-order valence-corrected chi connectivity index (χ2v) is 4.72. The minimum Gasteiger partial charge on any atom is -0.504 e. The van der Waals surface area contributed by atoms with E-state index in [2.05, 4.69) is 11.9 Å². The number of aromatic hydroxyl groups is 2. The normalized spacial score (nSPS) is 28.8. The molecule has 0 spiro atoms. The summed E-state index contributed by atoms with van der Waals surface area (Å²) in [5.41, 5.74) is 2.11. The lowest BCUT2D eigenvalue weighted by molar-refractivity contribution is 0.0260. The van der Waals surface area contributed by atoms with Crippen molar-refractivity contribution in [2.75, 3.05) is 20.1 Å². The first-order valence-electron chi connectivity index (χ1n) is 5.50. The SMILES string of the molecule is CN1C[C@@H]2OCc3cc(O)c(O)cc3[C@H]2C1. The van der Waals surface area contributed by atoms with Crippen LogP contribution < -0.4 is 0 Å². The number of benzene rings is 1. The van der Waals surface area contributed by atoms with Gasteiger partial charge in [-0.2, -0.15) is 0 Å². The van der Waals surface area contributed by atoms with Gasteiger partial charge in [-0.25, -0.2) is 0 Å². The summed E-state index contributed by atoms with van der Waals surface area (Å²) in [5, 5.41) is 19.0. The van der Waals surface area contributed by atoms with E-state index in [1.54, 1.807) is 12.1 Å². The van der Waals surface area contributed by atoms with E-state index in [4.69, 9.17) is 4.74 Å². The van der Waals surface area contributed by atoms with Gasteiger partial charge in [0, 0.05) is 19.0 Å². The molecule has 2 heterocycles. The van der Waals surface area contributed by atoms with Gasteiger partial charge in [0.15, 0.2) is 11.5 Å². The zero-order valence-corrected chi connectivity index (χ0v) is 9.18. The molecule has 2 aliphatic heterocycles. The highest BCUT2D eigenvalue weighted by atomic mass is 16.5. The number of nitrogens with zero attached hydrogens (tertiary/aromatic N) is 1. The molecule has 3 rings (SSSR count). The number of hydrogen-bond acceptors (Lipinski definition) is 4. The van der Waals surface area contributed by atoms with Crippen LogP contribution in [0.15, 0.2) is 12.1 Å². The van der Waals surface area contributed by atoms with Crippen molar-refractivity contribution >= 4 is 0 Å². The fourth-order valence-corrected chi connectivity index (χ4v) is 2.73. The second kappa shape index (κ2) is 3.37. The zero-order valence-electron chi connectivity index (χ0n) is 9.18. The van der Waals surface area contributed by atoms with Gasteiger partial charge in [0.1, 0.15) is 0 Å². The summed E-state index contributed by atoms with van der Waals surface area (Å²) >= 11 is 0. The Kier molecular flexibility index (Phi) is 2.09. The van der Waals surface area contributed by atoms with Crippen molar-refractivity contribution in [3.8, 4) is 11.5 Å². The fraction of sp³-hybridized carbons (Fsp3) is 0.500. The molecule has 1 saturated heterocycles. The highest BCUT2D eigenvalue weighted by molar-refractivity contribution is 5.48. The maximum atomic E-state index is 9.56. The summed E-state index contributed by atoms with van der Waals surface area (Å²) in [7, 11) is 2.07. The molecule has 16 heavy (non-hydrogen) atoms. The quantitative estimate of drug-likeness (QED) is 0.642. The number of rotatable bonds is 0. The lowest BCUT2D eigenvalue weighted by Crippen LogP contribution is -2.26. The molecule has 0 aliphatic carbocycles. The number of fused-ring (bicyclic) bond motifs is 3. The Balaban J connectivity index is 2.05. The molecule has 0 aromatic heterocycles. The van der Waals surface area contributed by atoms with Gasteiger partial charge in [0.25, 0.3) is 0 Å². The predicted octanol–water partition coefficient (Wildman–Crippen LogP) is 1.03. The number of hydrogen-bond donors (Lipinski definition) is 2. The van der Waals surface area contributed by atoms with Crippen LogP contribution in [0.4, 0.5) is 0 Å². The molecule has 4 nitrogen and oxygen atoms in total. The van der Waals surface area contributed by atoms with Crippen LogP contribution in [0.1, 0.15) is 17.0 Å². The van der Waals surface area contributed by atoms with Crippen LogP contribution in [0.25, 0.3) is 0 Å². The summed E-state index contributed by atoms with van der Waals surface area (Å²) in [5.74, 6) is 0.223. The Morgan fingerprint density at radius 2 is 2.00 bits per heavy atom. The van der Waals surface area contributed by atoms with E-state index in [1.165, 1.54) is 0 Å². The molecule has 2 N–H and O–H groups in total. The van der Waals surface area contributed by atoms with Crippen LogP contribution in [0, 0.1) is 0 Å². The van der Waals surface area contributed by atoms with Gasteiger partial charge in [0.05, 0.1) is 12.7 Å². The lowest BCUT2D eigenvalue weighted by Gasteiger charge is -2.28. The molecular formula is C12H15NO3. The maximum absolute atomic E-state index is 9.56. The molecule has 0 amide bonds. The Morgan fingerprint density at radius 3 is 2.81 bits per heavy atom. The van der Waals surface area contributed by atoms with E-state index in [0.29, 0.717) is 12.5 Å². The van der Waals surface area contributed by atoms with Crippen molar-refractivity contribution in [2.24, 2.45) is 0 Å². The molecule has 0 bridgehead atoms. The molecule has 86 valence electrons. The Bertz CT molecular complexity index is 433. The summed E-state index contributed by atoms with van der Waals surface area (Å²) in [4.78, 5) is 2.23. The van der Waals surface area contributed by atoms with Gasteiger partial charge >= 0.3 is 0 Å². The van der Waals surface area contributed by atoms with Crippen LogP contribution in [-0.4, -0.2) is 41.4 Å². The molecule has 1 aromatic rings. The smallest absolute Gasteiger partial charge is 0.157 e. The van der Waals surface area contributed by atoms with Gasteiger partial charge in [0.2, 0.25) is 0 Å². The molecule has 1 aromatic carbocycles. The minimum absolute atomic E-state index is 0.0334. The zero-order chi connectivity index (χ0) is 11.3. The van der Waals surface area contributed by atoms with Crippen molar-refractivity contribution in [1.82, 2.24) is 4.90 Å². The number of ether oxygens (including phenoxy) is 1. The molecule has 2 aliphatic rings. The molecule has 0 radical (unpaired) electrons. The Labute approximate surface area is 94.1 Å². The summed E-state index contributed by atoms with van der Waals surface area (Å²) in [6.45, 7) is 2.41. The van der Waals surface area contributed by atoms with Crippen LogP contribution in [-0.2, 0) is 11.3 Å². The summed E-state index contributed by atoms with van der Waals surface area (Å²) in [6, 6.07) is 3.29. The van der Waals surface area contributed by atoms with Crippen LogP contribution in [0.3, 0.4) is 0 Å². The number of likely N-dealkylation sites (N-methyl/N-ethyl adjacent to an activating group) is 1. The van der Waals surface area contributed by atoms with Gasteiger partial charge in [-0.3, -0.25) is 0 Å². The Morgan fingerprint density at radius 1 is 1.25 bits per heavy atom. The molecule has 0 saturated carbocycles. The first kappa shape index (κ1) is 9.93. The van der Waals surface area contributed by atoms with Crippen molar-refractivity contribution < 1.29 is 14.9 Å². The number of phenols is 2. The summed E-state index contributed by atoms with van der Waals surface area (Å²) < 4.78 is 5.76. The summed E-state index contributed by atoms with van der Waals surface area (Å²) in [6.07, 6.45) is 0.224. The van der Waals surface area contributed by atoms with E-state index in [9.17, 15) is 10.2 Å². The average Bonchev–Trinajstić information content (AvgIpc) is 2.61. The van der Waals surface area contributed by atoms with Crippen molar-refractivity contribution in [3.05, 3.63) is 23.3 Å². The van der Waals surface area contributed by atoms with Crippen LogP contribution in [0.5, 0.6) is 11.5 Å². The van der Waals surface area contributed by atoms with Gasteiger partial charge in [-0.05, 0) is 30.3 Å². The molecule has 2 atom stereocenters. The topological polar surface area (TPSA) is 52.9 Å². The monoisotopic (exact) mass is 221 g/mol. The minimum atomic E-state index is -0.0628.